The number of thioether (sulfide) groups is 1. The number of para-hydroxylation sites is 2. The molecule has 1 amide bonds. The summed E-state index contributed by atoms with van der Waals surface area (Å²) in [5, 5.41) is 2.30. The molecule has 1 heterocycles. The molecule has 0 saturated heterocycles. The smallest absolute Gasteiger partial charge is 0.315 e. The molecular weight excluding hydrogens is 336 g/mol. The molecule has 1 atom stereocenters. The molecule has 0 spiro atoms. The maximum Gasteiger partial charge on any atom is 0.315 e. The molecule has 5 nitrogen and oxygen atoms in total. The quantitative estimate of drug-likeness (QED) is 0.836. The Kier molecular flexibility index (Phi) is 5.50. The minimum atomic E-state index is -0.598. The molecule has 128 valence electrons. The van der Waals surface area contributed by atoms with Gasteiger partial charge >= 0.3 is 5.97 Å². The van der Waals surface area contributed by atoms with Crippen molar-refractivity contribution < 1.29 is 14.3 Å². The van der Waals surface area contributed by atoms with Crippen LogP contribution in [0.3, 0.4) is 0 Å². The van der Waals surface area contributed by atoms with Crippen LogP contribution in [0, 0.1) is 0 Å². The number of fused-ring (bicyclic) bond motifs is 1. The summed E-state index contributed by atoms with van der Waals surface area (Å²) in [5.41, 5.74) is 2.86. The second-order valence-electron chi connectivity index (χ2n) is 5.37. The molecule has 6 heteroatoms. The number of rotatable bonds is 5. The van der Waals surface area contributed by atoms with Crippen molar-refractivity contribution >= 4 is 40.7 Å². The summed E-state index contributed by atoms with van der Waals surface area (Å²) in [6, 6.07) is 16.9. The molecule has 0 fully saturated rings. The van der Waals surface area contributed by atoms with Gasteiger partial charge in [-0.2, -0.15) is 0 Å². The Bertz CT molecular complexity index is 805. The van der Waals surface area contributed by atoms with Crippen LogP contribution in [0.2, 0.25) is 0 Å². The molecule has 2 aromatic carbocycles. The topological polar surface area (TPSA) is 67.8 Å². The van der Waals surface area contributed by atoms with E-state index in [0.29, 0.717) is 23.7 Å². The zero-order valence-corrected chi connectivity index (χ0v) is 14.6. The van der Waals surface area contributed by atoms with Crippen LogP contribution >= 0.6 is 11.8 Å². The van der Waals surface area contributed by atoms with Gasteiger partial charge in [0.1, 0.15) is 5.25 Å². The zero-order valence-electron chi connectivity index (χ0n) is 13.8. The number of hydrogen-bond acceptors (Lipinski definition) is 5. The maximum absolute atomic E-state index is 12.8. The Labute approximate surface area is 150 Å². The van der Waals surface area contributed by atoms with Crippen LogP contribution in [0.15, 0.2) is 59.6 Å². The van der Waals surface area contributed by atoms with Crippen LogP contribution in [0.5, 0.6) is 0 Å². The third-order valence-corrected chi connectivity index (χ3v) is 4.81. The van der Waals surface area contributed by atoms with Gasteiger partial charge in [-0.25, -0.2) is 4.99 Å². The van der Waals surface area contributed by atoms with E-state index in [-0.39, 0.29) is 17.6 Å². The van der Waals surface area contributed by atoms with E-state index in [2.05, 4.69) is 5.32 Å². The molecule has 0 saturated carbocycles. The highest BCUT2D eigenvalue weighted by molar-refractivity contribution is 8.02. The Balaban J connectivity index is 1.97. The number of carbonyl (C=O) groups excluding carboxylic acids is 2. The molecule has 3 rings (SSSR count). The minimum absolute atomic E-state index is 0.0914. The average Bonchev–Trinajstić information content (AvgIpc) is 2.77. The van der Waals surface area contributed by atoms with Crippen molar-refractivity contribution in [3.05, 3.63) is 60.2 Å². The minimum Gasteiger partial charge on any atom is -0.465 e. The predicted molar refractivity (Wildman–Crippen MR) is 101 cm³/mol. The van der Waals surface area contributed by atoms with Gasteiger partial charge in [-0.1, -0.05) is 42.5 Å². The Morgan fingerprint density at radius 2 is 1.88 bits per heavy atom. The number of ether oxygens (including phenoxy) is 1. The molecule has 0 radical (unpaired) electrons. The van der Waals surface area contributed by atoms with Crippen LogP contribution in [0.4, 0.5) is 11.4 Å². The molecular formula is C19H18N2O3S. The van der Waals surface area contributed by atoms with E-state index in [1.54, 1.807) is 6.92 Å². The highest BCUT2D eigenvalue weighted by Crippen LogP contribution is 2.32. The summed E-state index contributed by atoms with van der Waals surface area (Å²) in [4.78, 5) is 29.2. The van der Waals surface area contributed by atoms with Gasteiger partial charge in [-0.3, -0.25) is 9.59 Å². The number of aliphatic imine (C=N–C) groups is 1. The van der Waals surface area contributed by atoms with Crippen LogP contribution < -0.4 is 5.32 Å². The van der Waals surface area contributed by atoms with Crippen molar-refractivity contribution in [1.82, 2.24) is 0 Å². The van der Waals surface area contributed by atoms with Crippen molar-refractivity contribution in [3.63, 3.8) is 0 Å². The summed E-state index contributed by atoms with van der Waals surface area (Å²) in [6.45, 7) is 2.08. The van der Waals surface area contributed by atoms with E-state index in [4.69, 9.17) is 9.73 Å². The summed E-state index contributed by atoms with van der Waals surface area (Å²) >= 11 is 1.22. The fourth-order valence-corrected chi connectivity index (χ4v) is 3.46. The van der Waals surface area contributed by atoms with Crippen molar-refractivity contribution in [2.24, 2.45) is 4.99 Å². The summed E-state index contributed by atoms with van der Waals surface area (Å²) in [7, 11) is 0. The summed E-state index contributed by atoms with van der Waals surface area (Å²) in [5.74, 6) is -0.440. The van der Waals surface area contributed by atoms with Crippen molar-refractivity contribution in [1.29, 1.82) is 0 Å². The lowest BCUT2D eigenvalue weighted by Crippen LogP contribution is -2.33. The molecule has 0 aromatic heterocycles. The van der Waals surface area contributed by atoms with Crippen LogP contribution in [-0.4, -0.2) is 35.2 Å². The maximum atomic E-state index is 12.8. The van der Waals surface area contributed by atoms with Gasteiger partial charge < -0.3 is 10.1 Å². The first-order valence-electron chi connectivity index (χ1n) is 8.00. The number of nitrogens with zero attached hydrogens (tertiary/aromatic N) is 1. The molecule has 1 aliphatic heterocycles. The van der Waals surface area contributed by atoms with Gasteiger partial charge in [0.05, 0.1) is 29.4 Å². The van der Waals surface area contributed by atoms with Gasteiger partial charge in [0, 0.05) is 0 Å². The van der Waals surface area contributed by atoms with E-state index in [9.17, 15) is 9.59 Å². The fourth-order valence-electron chi connectivity index (χ4n) is 2.52. The van der Waals surface area contributed by atoms with Crippen molar-refractivity contribution in [3.8, 4) is 0 Å². The SMILES string of the molecule is CCOC(=O)CS[C@H]1C(=O)Nc2ccccc2N=C1c1ccccc1. The highest BCUT2D eigenvalue weighted by Gasteiger charge is 2.30. The number of nitrogens with one attached hydrogen (secondary N) is 1. The Morgan fingerprint density at radius 3 is 2.64 bits per heavy atom. The van der Waals surface area contributed by atoms with E-state index in [0.717, 1.165) is 5.56 Å². The first-order chi connectivity index (χ1) is 12.2. The molecule has 2 aromatic rings. The van der Waals surface area contributed by atoms with Gasteiger partial charge in [0.15, 0.2) is 0 Å². The molecule has 0 unspecified atom stereocenters. The summed E-state index contributed by atoms with van der Waals surface area (Å²) < 4.78 is 4.97. The number of hydrogen-bond donors (Lipinski definition) is 1. The van der Waals surface area contributed by atoms with E-state index < -0.39 is 5.25 Å². The second-order valence-corrected chi connectivity index (χ2v) is 6.46. The molecule has 0 aliphatic carbocycles. The molecule has 25 heavy (non-hydrogen) atoms. The van der Waals surface area contributed by atoms with Crippen LogP contribution in [0.1, 0.15) is 12.5 Å². The zero-order chi connectivity index (χ0) is 17.6. The first kappa shape index (κ1) is 17.2. The average molecular weight is 354 g/mol. The largest absolute Gasteiger partial charge is 0.465 e. The number of benzene rings is 2. The van der Waals surface area contributed by atoms with Crippen LogP contribution in [0.25, 0.3) is 0 Å². The van der Waals surface area contributed by atoms with Gasteiger partial charge in [-0.05, 0) is 24.6 Å². The Morgan fingerprint density at radius 1 is 1.16 bits per heavy atom. The normalized spacial score (nSPS) is 16.3. The molecule has 1 aliphatic rings. The van der Waals surface area contributed by atoms with Gasteiger partial charge in [0.25, 0.3) is 0 Å². The van der Waals surface area contributed by atoms with Crippen LogP contribution in [-0.2, 0) is 14.3 Å². The standard InChI is InChI=1S/C19H18N2O3S/c1-2-24-16(22)12-25-18-17(13-8-4-3-5-9-13)20-14-10-6-7-11-15(14)21-19(18)23/h3-11,18H,2,12H2,1H3,(H,21,23)/t18-/m1/s1. The summed E-state index contributed by atoms with van der Waals surface area (Å²) in [6.07, 6.45) is 0. The van der Waals surface area contributed by atoms with E-state index in [1.165, 1.54) is 11.8 Å². The highest BCUT2D eigenvalue weighted by atomic mass is 32.2. The number of amides is 1. The van der Waals surface area contributed by atoms with Crippen molar-refractivity contribution in [2.45, 2.75) is 12.2 Å². The lowest BCUT2D eigenvalue weighted by Gasteiger charge is -2.16. The lowest BCUT2D eigenvalue weighted by molar-refractivity contribution is -0.139. The third kappa shape index (κ3) is 4.09. The third-order valence-electron chi connectivity index (χ3n) is 3.63. The second kappa shape index (κ2) is 7.98. The predicted octanol–water partition coefficient (Wildman–Crippen LogP) is 3.42. The number of carbonyl (C=O) groups is 2. The van der Waals surface area contributed by atoms with Gasteiger partial charge in [-0.15, -0.1) is 11.8 Å². The molecule has 0 bridgehead atoms. The van der Waals surface area contributed by atoms with E-state index in [1.807, 2.05) is 54.6 Å². The first-order valence-corrected chi connectivity index (χ1v) is 9.05. The number of esters is 1. The van der Waals surface area contributed by atoms with Gasteiger partial charge in [0.2, 0.25) is 5.91 Å². The number of anilines is 1. The fraction of sp³-hybridized carbons (Fsp3) is 0.211. The lowest BCUT2D eigenvalue weighted by atomic mass is 10.1. The Hall–Kier alpha value is -2.60. The van der Waals surface area contributed by atoms with Crippen molar-refractivity contribution in [2.75, 3.05) is 17.7 Å². The monoisotopic (exact) mass is 354 g/mol. The molecule has 1 N–H and O–H groups in total. The van der Waals surface area contributed by atoms with E-state index >= 15 is 0 Å².